The van der Waals surface area contributed by atoms with Crippen molar-refractivity contribution in [1.29, 1.82) is 0 Å². The molecule has 0 bridgehead atoms. The number of nitrogens with zero attached hydrogens (tertiary/aromatic N) is 1. The van der Waals surface area contributed by atoms with Crippen LogP contribution in [0, 0.1) is 0 Å². The summed E-state index contributed by atoms with van der Waals surface area (Å²) in [4.78, 5) is 4.30. The van der Waals surface area contributed by atoms with Gasteiger partial charge in [0.05, 0.1) is 19.6 Å². The molecule has 14 heavy (non-hydrogen) atoms. The van der Waals surface area contributed by atoms with E-state index < -0.39 is 0 Å². The summed E-state index contributed by atoms with van der Waals surface area (Å²) in [6.07, 6.45) is 1.92. The van der Waals surface area contributed by atoms with E-state index in [1.54, 1.807) is 14.2 Å². The summed E-state index contributed by atoms with van der Waals surface area (Å²) in [6, 6.07) is 3.79. The molecule has 1 N–H and O–H groups in total. The SMILES string of the molecule is COc1cc2c(cc1OC)=NCNC=2. The Morgan fingerprint density at radius 1 is 1.21 bits per heavy atom. The van der Waals surface area contributed by atoms with Crippen molar-refractivity contribution in [3.05, 3.63) is 22.7 Å². The van der Waals surface area contributed by atoms with Gasteiger partial charge < -0.3 is 14.8 Å². The second-order valence-corrected chi connectivity index (χ2v) is 2.93. The smallest absolute Gasteiger partial charge is 0.162 e. The van der Waals surface area contributed by atoms with E-state index in [1.807, 2.05) is 18.3 Å². The van der Waals surface area contributed by atoms with Crippen LogP contribution in [0.2, 0.25) is 0 Å². The van der Waals surface area contributed by atoms with E-state index in [1.165, 1.54) is 0 Å². The molecule has 0 fully saturated rings. The topological polar surface area (TPSA) is 42.9 Å². The summed E-state index contributed by atoms with van der Waals surface area (Å²) in [7, 11) is 3.24. The number of hydrogen-bond donors (Lipinski definition) is 1. The van der Waals surface area contributed by atoms with Gasteiger partial charge in [-0.05, 0) is 6.07 Å². The fourth-order valence-corrected chi connectivity index (χ4v) is 1.42. The highest BCUT2D eigenvalue weighted by atomic mass is 16.5. The molecule has 0 unspecified atom stereocenters. The third-order valence-electron chi connectivity index (χ3n) is 2.13. The zero-order chi connectivity index (χ0) is 9.97. The van der Waals surface area contributed by atoms with Gasteiger partial charge in [0.2, 0.25) is 0 Å². The molecular weight excluding hydrogens is 180 g/mol. The van der Waals surface area contributed by atoms with E-state index in [0.29, 0.717) is 12.4 Å². The minimum Gasteiger partial charge on any atom is -0.493 e. The van der Waals surface area contributed by atoms with Gasteiger partial charge in [0.1, 0.15) is 6.67 Å². The van der Waals surface area contributed by atoms with E-state index in [9.17, 15) is 0 Å². The van der Waals surface area contributed by atoms with Gasteiger partial charge in [0.15, 0.2) is 11.5 Å². The molecule has 0 spiro atoms. The van der Waals surface area contributed by atoms with Crippen LogP contribution in [0.1, 0.15) is 0 Å². The van der Waals surface area contributed by atoms with Gasteiger partial charge in [0.25, 0.3) is 0 Å². The Morgan fingerprint density at radius 3 is 2.64 bits per heavy atom. The van der Waals surface area contributed by atoms with Gasteiger partial charge in [0, 0.05) is 17.5 Å². The van der Waals surface area contributed by atoms with Crippen LogP contribution in [0.4, 0.5) is 0 Å². The van der Waals surface area contributed by atoms with Gasteiger partial charge in [-0.2, -0.15) is 0 Å². The van der Waals surface area contributed by atoms with Crippen molar-refractivity contribution >= 4 is 6.20 Å². The number of ether oxygens (including phenoxy) is 2. The van der Waals surface area contributed by atoms with Crippen molar-refractivity contribution in [2.45, 2.75) is 0 Å². The average Bonchev–Trinajstić information content (AvgIpc) is 2.27. The van der Waals surface area contributed by atoms with E-state index in [-0.39, 0.29) is 0 Å². The maximum absolute atomic E-state index is 5.19. The highest BCUT2D eigenvalue weighted by Gasteiger charge is 2.04. The Morgan fingerprint density at radius 2 is 1.93 bits per heavy atom. The van der Waals surface area contributed by atoms with Crippen molar-refractivity contribution in [1.82, 2.24) is 5.32 Å². The normalized spacial score (nSPS) is 13.0. The number of rotatable bonds is 2. The van der Waals surface area contributed by atoms with Crippen LogP contribution in [0.3, 0.4) is 0 Å². The maximum atomic E-state index is 5.19. The van der Waals surface area contributed by atoms with Crippen LogP contribution in [-0.2, 0) is 0 Å². The third-order valence-corrected chi connectivity index (χ3v) is 2.13. The molecule has 2 rings (SSSR count). The van der Waals surface area contributed by atoms with E-state index in [4.69, 9.17) is 9.47 Å². The molecule has 1 aliphatic rings. The first-order chi connectivity index (χ1) is 6.85. The number of nitrogens with one attached hydrogen (secondary N) is 1. The van der Waals surface area contributed by atoms with Crippen LogP contribution >= 0.6 is 0 Å². The second-order valence-electron chi connectivity index (χ2n) is 2.93. The summed E-state index contributed by atoms with van der Waals surface area (Å²) in [6.45, 7) is 0.614. The number of benzene rings is 1. The molecule has 1 aliphatic heterocycles. The van der Waals surface area contributed by atoms with Gasteiger partial charge in [-0.1, -0.05) is 0 Å². The molecule has 0 radical (unpaired) electrons. The third kappa shape index (κ3) is 1.39. The van der Waals surface area contributed by atoms with E-state index in [2.05, 4.69) is 10.3 Å². The number of fused-ring (bicyclic) bond motifs is 1. The summed E-state index contributed by atoms with van der Waals surface area (Å²) < 4.78 is 10.4. The molecule has 0 saturated heterocycles. The fraction of sp³-hybridized carbons (Fsp3) is 0.300. The minimum absolute atomic E-state index is 0.614. The van der Waals surface area contributed by atoms with Crippen LogP contribution in [0.15, 0.2) is 17.1 Å². The first-order valence-electron chi connectivity index (χ1n) is 4.35. The Kier molecular flexibility index (Phi) is 2.26. The summed E-state index contributed by atoms with van der Waals surface area (Å²) in [5.41, 5.74) is 0. The Bertz CT molecular complexity index is 411. The molecular formula is C10H12N2O2. The average molecular weight is 192 g/mol. The van der Waals surface area contributed by atoms with Gasteiger partial charge in [-0.25, -0.2) is 0 Å². The first-order valence-corrected chi connectivity index (χ1v) is 4.35. The molecule has 1 aromatic rings. The quantitative estimate of drug-likeness (QED) is 0.694. The van der Waals surface area contributed by atoms with Crippen LogP contribution in [-0.4, -0.2) is 20.9 Å². The van der Waals surface area contributed by atoms with E-state index >= 15 is 0 Å². The van der Waals surface area contributed by atoms with Crippen LogP contribution in [0.5, 0.6) is 11.5 Å². The fourth-order valence-electron chi connectivity index (χ4n) is 1.42. The van der Waals surface area contributed by atoms with Crippen molar-refractivity contribution in [2.24, 2.45) is 4.99 Å². The largest absolute Gasteiger partial charge is 0.493 e. The molecule has 0 saturated carbocycles. The lowest BCUT2D eigenvalue weighted by Gasteiger charge is -2.09. The number of methoxy groups -OCH3 is 2. The zero-order valence-corrected chi connectivity index (χ0v) is 8.20. The molecule has 1 aromatic carbocycles. The molecule has 1 heterocycles. The molecule has 0 aromatic heterocycles. The van der Waals surface area contributed by atoms with Gasteiger partial charge in [-0.3, -0.25) is 4.99 Å². The zero-order valence-electron chi connectivity index (χ0n) is 8.20. The number of hydrogen-bond acceptors (Lipinski definition) is 4. The highest BCUT2D eigenvalue weighted by molar-refractivity contribution is 5.42. The molecule has 74 valence electrons. The van der Waals surface area contributed by atoms with Crippen LogP contribution in [0.25, 0.3) is 6.20 Å². The maximum Gasteiger partial charge on any atom is 0.162 e. The van der Waals surface area contributed by atoms with Crippen LogP contribution < -0.4 is 25.4 Å². The molecule has 0 aliphatic carbocycles. The Balaban J connectivity index is 2.68. The summed E-state index contributed by atoms with van der Waals surface area (Å²) >= 11 is 0. The Hall–Kier alpha value is -1.71. The van der Waals surface area contributed by atoms with Crippen molar-refractivity contribution < 1.29 is 9.47 Å². The Labute approximate surface area is 81.9 Å². The molecule has 0 amide bonds. The highest BCUT2D eigenvalue weighted by Crippen LogP contribution is 2.21. The molecule has 4 nitrogen and oxygen atoms in total. The lowest BCUT2D eigenvalue weighted by molar-refractivity contribution is 0.354. The van der Waals surface area contributed by atoms with Crippen molar-refractivity contribution in [3.63, 3.8) is 0 Å². The molecule has 0 atom stereocenters. The van der Waals surface area contributed by atoms with Gasteiger partial charge >= 0.3 is 0 Å². The lowest BCUT2D eigenvalue weighted by Crippen LogP contribution is -2.33. The summed E-state index contributed by atoms with van der Waals surface area (Å²) in [5, 5.41) is 5.00. The minimum atomic E-state index is 0.614. The van der Waals surface area contributed by atoms with Crippen molar-refractivity contribution in [2.75, 3.05) is 20.9 Å². The molecule has 4 heteroatoms. The summed E-state index contributed by atoms with van der Waals surface area (Å²) in [5.74, 6) is 1.44. The standard InChI is InChI=1S/C10H12N2O2/c1-13-9-3-7-5-11-6-12-8(7)4-10(9)14-2/h3-5,11H,6H2,1-2H3. The predicted molar refractivity (Wildman–Crippen MR) is 52.8 cm³/mol. The lowest BCUT2D eigenvalue weighted by atomic mass is 10.2. The monoisotopic (exact) mass is 192 g/mol. The second kappa shape index (κ2) is 3.57. The van der Waals surface area contributed by atoms with Gasteiger partial charge in [-0.15, -0.1) is 0 Å². The van der Waals surface area contributed by atoms with E-state index in [0.717, 1.165) is 16.3 Å². The first kappa shape index (κ1) is 8.87. The predicted octanol–water partition coefficient (Wildman–Crippen LogP) is -0.378. The van der Waals surface area contributed by atoms with Crippen molar-refractivity contribution in [3.8, 4) is 11.5 Å².